The molecule has 1 aromatic heterocycles. The normalized spacial score (nSPS) is 20.5. The van der Waals surface area contributed by atoms with Crippen molar-refractivity contribution in [2.24, 2.45) is 0 Å². The van der Waals surface area contributed by atoms with Gasteiger partial charge >= 0.3 is 0 Å². The Hall–Kier alpha value is -2.28. The third kappa shape index (κ3) is 4.18. The fraction of sp³-hybridized carbons (Fsp3) is 0.286. The van der Waals surface area contributed by atoms with Crippen molar-refractivity contribution in [1.82, 2.24) is 15.0 Å². The molecule has 5 nitrogen and oxygen atoms in total. The Labute approximate surface area is 159 Å². The van der Waals surface area contributed by atoms with Crippen LogP contribution in [0.25, 0.3) is 10.8 Å². The Bertz CT molecular complexity index is 1040. The highest BCUT2D eigenvalue weighted by molar-refractivity contribution is 7.89. The summed E-state index contributed by atoms with van der Waals surface area (Å²) < 4.78 is 28.1. The predicted octanol–water partition coefficient (Wildman–Crippen LogP) is 3.05. The average Bonchev–Trinajstić information content (AvgIpc) is 3.46. The molecule has 2 unspecified atom stereocenters. The summed E-state index contributed by atoms with van der Waals surface area (Å²) in [7, 11) is -3.55. The molecule has 1 saturated carbocycles. The van der Waals surface area contributed by atoms with Gasteiger partial charge in [0.25, 0.3) is 0 Å². The third-order valence-electron chi connectivity index (χ3n) is 4.98. The number of aromatic nitrogens is 1. The second-order valence-corrected chi connectivity index (χ2v) is 8.89. The summed E-state index contributed by atoms with van der Waals surface area (Å²) in [6, 6.07) is 17.6. The molecule has 0 saturated heterocycles. The molecule has 0 spiro atoms. The monoisotopic (exact) mass is 381 g/mol. The highest BCUT2D eigenvalue weighted by Crippen LogP contribution is 2.40. The lowest BCUT2D eigenvalue weighted by molar-refractivity contribution is 0.533. The first-order valence-electron chi connectivity index (χ1n) is 9.17. The Morgan fingerprint density at radius 1 is 1.11 bits per heavy atom. The molecule has 1 aliphatic carbocycles. The number of fused-ring (bicyclic) bond motifs is 1. The summed E-state index contributed by atoms with van der Waals surface area (Å²) in [5.41, 5.74) is 1.34. The first-order chi connectivity index (χ1) is 13.0. The van der Waals surface area contributed by atoms with Gasteiger partial charge in [-0.15, -0.1) is 0 Å². The minimum atomic E-state index is -3.55. The van der Waals surface area contributed by atoms with E-state index in [2.05, 4.69) is 39.3 Å². The van der Waals surface area contributed by atoms with E-state index < -0.39 is 10.0 Å². The van der Waals surface area contributed by atoms with Crippen LogP contribution < -0.4 is 10.0 Å². The maximum Gasteiger partial charge on any atom is 0.240 e. The van der Waals surface area contributed by atoms with Crippen LogP contribution in [-0.2, 0) is 10.0 Å². The van der Waals surface area contributed by atoms with Gasteiger partial charge in [-0.1, -0.05) is 36.4 Å². The first kappa shape index (κ1) is 18.1. The standard InChI is InChI=1S/C21H23N3O2S/c1-15(13-23-21-12-20(21)16-5-3-2-4-6-16)24-27(25,26)19-8-7-18-14-22-10-9-17(18)11-19/h2-11,14-15,20-21,23-24H,12-13H2,1H3/t15-,20?,21?/m1/s1. The second kappa shape index (κ2) is 7.38. The van der Waals surface area contributed by atoms with Crippen molar-refractivity contribution in [2.45, 2.75) is 36.2 Å². The van der Waals surface area contributed by atoms with Crippen LogP contribution in [0.1, 0.15) is 24.8 Å². The average molecular weight is 382 g/mol. The van der Waals surface area contributed by atoms with E-state index in [1.807, 2.05) is 19.1 Å². The summed E-state index contributed by atoms with van der Waals surface area (Å²) in [5, 5.41) is 5.26. The van der Waals surface area contributed by atoms with Crippen molar-refractivity contribution in [2.75, 3.05) is 6.54 Å². The van der Waals surface area contributed by atoms with Crippen molar-refractivity contribution in [3.05, 3.63) is 72.6 Å². The number of hydrogen-bond donors (Lipinski definition) is 2. The van der Waals surface area contributed by atoms with Crippen LogP contribution >= 0.6 is 0 Å². The molecule has 1 heterocycles. The van der Waals surface area contributed by atoms with E-state index in [0.717, 1.165) is 17.2 Å². The van der Waals surface area contributed by atoms with Gasteiger partial charge in [-0.2, -0.15) is 0 Å². The molecule has 140 valence electrons. The summed E-state index contributed by atoms with van der Waals surface area (Å²) in [6.45, 7) is 2.49. The highest BCUT2D eigenvalue weighted by atomic mass is 32.2. The van der Waals surface area contributed by atoms with Crippen LogP contribution in [0.3, 0.4) is 0 Å². The SMILES string of the molecule is C[C@H](CNC1CC1c1ccccc1)NS(=O)(=O)c1ccc2cnccc2c1. The molecule has 27 heavy (non-hydrogen) atoms. The van der Waals surface area contributed by atoms with Gasteiger partial charge in [0.05, 0.1) is 4.90 Å². The van der Waals surface area contributed by atoms with E-state index in [4.69, 9.17) is 0 Å². The van der Waals surface area contributed by atoms with Crippen LogP contribution in [0.5, 0.6) is 0 Å². The van der Waals surface area contributed by atoms with Gasteiger partial charge < -0.3 is 5.32 Å². The Balaban J connectivity index is 1.35. The molecule has 0 amide bonds. The number of nitrogens with one attached hydrogen (secondary N) is 2. The van der Waals surface area contributed by atoms with Crippen LogP contribution in [0, 0.1) is 0 Å². The fourth-order valence-corrected chi connectivity index (χ4v) is 4.70. The number of sulfonamides is 1. The van der Waals surface area contributed by atoms with Crippen molar-refractivity contribution >= 4 is 20.8 Å². The lowest BCUT2D eigenvalue weighted by atomic mass is 10.1. The maximum atomic E-state index is 12.7. The zero-order valence-corrected chi connectivity index (χ0v) is 16.0. The molecular formula is C21H23N3O2S. The van der Waals surface area contributed by atoms with Gasteiger partial charge in [-0.3, -0.25) is 4.98 Å². The van der Waals surface area contributed by atoms with Gasteiger partial charge in [-0.05, 0) is 42.5 Å². The molecule has 3 aromatic rings. The summed E-state index contributed by atoms with van der Waals surface area (Å²) in [6.07, 6.45) is 4.49. The second-order valence-electron chi connectivity index (χ2n) is 7.17. The minimum absolute atomic E-state index is 0.194. The fourth-order valence-electron chi connectivity index (χ4n) is 3.42. The van der Waals surface area contributed by atoms with E-state index >= 15 is 0 Å². The van der Waals surface area contributed by atoms with Gasteiger partial charge in [0, 0.05) is 42.3 Å². The molecule has 6 heteroatoms. The Kier molecular flexibility index (Phi) is 4.95. The molecule has 0 radical (unpaired) electrons. The van der Waals surface area contributed by atoms with Crippen LogP contribution in [0.2, 0.25) is 0 Å². The van der Waals surface area contributed by atoms with E-state index in [1.165, 1.54) is 5.56 Å². The van der Waals surface area contributed by atoms with Crippen LogP contribution in [-0.4, -0.2) is 32.0 Å². The van der Waals surface area contributed by atoms with Crippen molar-refractivity contribution < 1.29 is 8.42 Å². The molecule has 3 atom stereocenters. The molecule has 1 aliphatic rings. The summed E-state index contributed by atoms with van der Waals surface area (Å²) >= 11 is 0. The van der Waals surface area contributed by atoms with Gasteiger partial charge in [-0.25, -0.2) is 13.1 Å². The summed E-state index contributed by atoms with van der Waals surface area (Å²) in [4.78, 5) is 4.33. The highest BCUT2D eigenvalue weighted by Gasteiger charge is 2.37. The number of pyridine rings is 1. The topological polar surface area (TPSA) is 71.1 Å². The van der Waals surface area contributed by atoms with E-state index in [9.17, 15) is 8.42 Å². The van der Waals surface area contributed by atoms with Crippen molar-refractivity contribution in [1.29, 1.82) is 0 Å². The lowest BCUT2D eigenvalue weighted by Gasteiger charge is -2.15. The third-order valence-corrected chi connectivity index (χ3v) is 6.57. The number of nitrogens with zero attached hydrogens (tertiary/aromatic N) is 1. The number of benzene rings is 2. The summed E-state index contributed by atoms with van der Waals surface area (Å²) in [5.74, 6) is 0.532. The molecular weight excluding hydrogens is 358 g/mol. The molecule has 2 N–H and O–H groups in total. The lowest BCUT2D eigenvalue weighted by Crippen LogP contribution is -2.40. The van der Waals surface area contributed by atoms with E-state index in [-0.39, 0.29) is 10.9 Å². The van der Waals surface area contributed by atoms with Gasteiger partial charge in [0.2, 0.25) is 10.0 Å². The minimum Gasteiger partial charge on any atom is -0.312 e. The largest absolute Gasteiger partial charge is 0.312 e. The molecule has 2 aromatic carbocycles. The molecule has 1 fully saturated rings. The molecule has 0 aliphatic heterocycles. The van der Waals surface area contributed by atoms with E-state index in [1.54, 1.807) is 30.6 Å². The van der Waals surface area contributed by atoms with E-state index in [0.29, 0.717) is 18.5 Å². The van der Waals surface area contributed by atoms with Crippen molar-refractivity contribution in [3.63, 3.8) is 0 Å². The quantitative estimate of drug-likeness (QED) is 0.660. The number of rotatable bonds is 7. The zero-order chi connectivity index (χ0) is 18.9. The molecule has 0 bridgehead atoms. The van der Waals surface area contributed by atoms with Gasteiger partial charge in [0.1, 0.15) is 0 Å². The van der Waals surface area contributed by atoms with Crippen molar-refractivity contribution in [3.8, 4) is 0 Å². The molecule has 4 rings (SSSR count). The maximum absolute atomic E-state index is 12.7. The van der Waals surface area contributed by atoms with Gasteiger partial charge in [0.15, 0.2) is 0 Å². The van der Waals surface area contributed by atoms with Crippen LogP contribution in [0.4, 0.5) is 0 Å². The Morgan fingerprint density at radius 3 is 2.74 bits per heavy atom. The van der Waals surface area contributed by atoms with Crippen LogP contribution in [0.15, 0.2) is 71.9 Å². The smallest absolute Gasteiger partial charge is 0.240 e. The predicted molar refractivity (Wildman–Crippen MR) is 107 cm³/mol. The zero-order valence-electron chi connectivity index (χ0n) is 15.2. The first-order valence-corrected chi connectivity index (χ1v) is 10.7. The number of hydrogen-bond acceptors (Lipinski definition) is 4. The Morgan fingerprint density at radius 2 is 1.93 bits per heavy atom.